The normalized spacial score (nSPS) is 15.8. The van der Waals surface area contributed by atoms with Crippen molar-refractivity contribution in [2.45, 2.75) is 6.42 Å². The SMILES string of the molecule is CS(=O)(=O)N1CCN(C(=O)Cc2csc(NC(=O)c3ccsc3)n2)CC1. The second-order valence-corrected chi connectivity index (χ2v) is 9.45. The van der Waals surface area contributed by atoms with Crippen LogP contribution in [0.2, 0.25) is 0 Å². The molecule has 0 unspecified atom stereocenters. The third-order valence-corrected chi connectivity index (χ3v) is 6.74. The highest BCUT2D eigenvalue weighted by atomic mass is 32.2. The van der Waals surface area contributed by atoms with E-state index in [9.17, 15) is 18.0 Å². The van der Waals surface area contributed by atoms with Gasteiger partial charge in [-0.2, -0.15) is 15.6 Å². The Kier molecular flexibility index (Phi) is 5.70. The third-order valence-electron chi connectivity index (χ3n) is 3.95. The Hall–Kier alpha value is -1.82. The third kappa shape index (κ3) is 4.67. The van der Waals surface area contributed by atoms with Gasteiger partial charge in [-0.15, -0.1) is 11.3 Å². The Morgan fingerprint density at radius 2 is 1.96 bits per heavy atom. The van der Waals surface area contributed by atoms with E-state index >= 15 is 0 Å². The molecule has 1 fully saturated rings. The maximum atomic E-state index is 12.4. The minimum atomic E-state index is -3.22. The van der Waals surface area contributed by atoms with Crippen LogP contribution in [0.25, 0.3) is 0 Å². The van der Waals surface area contributed by atoms with Gasteiger partial charge in [0, 0.05) is 36.9 Å². The molecule has 0 radical (unpaired) electrons. The number of hydrogen-bond donors (Lipinski definition) is 1. The summed E-state index contributed by atoms with van der Waals surface area (Å²) in [6, 6.07) is 1.73. The van der Waals surface area contributed by atoms with Gasteiger partial charge in [-0.3, -0.25) is 14.9 Å². The van der Waals surface area contributed by atoms with Gasteiger partial charge in [0.1, 0.15) is 0 Å². The number of anilines is 1. The van der Waals surface area contributed by atoms with Gasteiger partial charge in [-0.1, -0.05) is 0 Å². The van der Waals surface area contributed by atoms with Crippen molar-refractivity contribution in [1.82, 2.24) is 14.2 Å². The summed E-state index contributed by atoms with van der Waals surface area (Å²) in [5, 5.41) is 8.49. The van der Waals surface area contributed by atoms with Crippen LogP contribution in [-0.2, 0) is 21.2 Å². The molecular formula is C15H18N4O4S3. The summed E-state index contributed by atoms with van der Waals surface area (Å²) in [5.41, 5.74) is 1.16. The second kappa shape index (κ2) is 7.82. The first-order valence-electron chi connectivity index (χ1n) is 7.84. The molecule has 0 aromatic carbocycles. The Labute approximate surface area is 159 Å². The van der Waals surface area contributed by atoms with Crippen molar-refractivity contribution in [2.75, 3.05) is 37.8 Å². The summed E-state index contributed by atoms with van der Waals surface area (Å²) in [7, 11) is -3.22. The zero-order valence-electron chi connectivity index (χ0n) is 14.0. The van der Waals surface area contributed by atoms with Crippen molar-refractivity contribution in [3.8, 4) is 0 Å². The number of carbonyl (C=O) groups is 2. The summed E-state index contributed by atoms with van der Waals surface area (Å²) in [6.07, 6.45) is 1.30. The average Bonchev–Trinajstić information content (AvgIpc) is 3.26. The van der Waals surface area contributed by atoms with Crippen LogP contribution in [0.15, 0.2) is 22.2 Å². The quantitative estimate of drug-likeness (QED) is 0.790. The van der Waals surface area contributed by atoms with Crippen LogP contribution in [0.4, 0.5) is 5.13 Å². The van der Waals surface area contributed by atoms with E-state index in [1.165, 1.54) is 33.2 Å². The molecule has 8 nitrogen and oxygen atoms in total. The number of rotatable bonds is 5. The number of nitrogens with one attached hydrogen (secondary N) is 1. The van der Waals surface area contributed by atoms with Crippen LogP contribution in [0, 0.1) is 0 Å². The number of piperazine rings is 1. The highest BCUT2D eigenvalue weighted by molar-refractivity contribution is 7.88. The van der Waals surface area contributed by atoms with Gasteiger partial charge in [0.2, 0.25) is 15.9 Å². The smallest absolute Gasteiger partial charge is 0.258 e. The molecule has 0 aliphatic carbocycles. The molecule has 2 aromatic rings. The highest BCUT2D eigenvalue weighted by Crippen LogP contribution is 2.18. The molecule has 0 atom stereocenters. The first kappa shape index (κ1) is 19.0. The molecule has 0 bridgehead atoms. The molecule has 1 aliphatic heterocycles. The van der Waals surface area contributed by atoms with Crippen LogP contribution in [0.5, 0.6) is 0 Å². The van der Waals surface area contributed by atoms with Crippen molar-refractivity contribution in [1.29, 1.82) is 0 Å². The molecule has 2 aromatic heterocycles. The fourth-order valence-electron chi connectivity index (χ4n) is 2.54. The highest BCUT2D eigenvalue weighted by Gasteiger charge is 2.26. The van der Waals surface area contributed by atoms with Gasteiger partial charge in [0.05, 0.1) is 23.9 Å². The van der Waals surface area contributed by atoms with E-state index in [0.717, 1.165) is 0 Å². The molecule has 0 spiro atoms. The molecule has 26 heavy (non-hydrogen) atoms. The van der Waals surface area contributed by atoms with Gasteiger partial charge >= 0.3 is 0 Å². The fourth-order valence-corrected chi connectivity index (χ4v) is 4.71. The van der Waals surface area contributed by atoms with Gasteiger partial charge in [-0.25, -0.2) is 13.4 Å². The van der Waals surface area contributed by atoms with Crippen molar-refractivity contribution in [3.05, 3.63) is 33.5 Å². The minimum Gasteiger partial charge on any atom is -0.340 e. The molecule has 11 heteroatoms. The zero-order chi connectivity index (χ0) is 18.7. The van der Waals surface area contributed by atoms with Crippen molar-refractivity contribution in [3.63, 3.8) is 0 Å². The van der Waals surface area contributed by atoms with E-state index in [2.05, 4.69) is 10.3 Å². The van der Waals surface area contributed by atoms with Crippen molar-refractivity contribution < 1.29 is 18.0 Å². The Morgan fingerprint density at radius 1 is 1.23 bits per heavy atom. The number of aromatic nitrogens is 1. The van der Waals surface area contributed by atoms with E-state index in [-0.39, 0.29) is 18.2 Å². The summed E-state index contributed by atoms with van der Waals surface area (Å²) < 4.78 is 24.4. The van der Waals surface area contributed by atoms with Crippen LogP contribution in [0.3, 0.4) is 0 Å². The lowest BCUT2D eigenvalue weighted by atomic mass is 10.2. The maximum absolute atomic E-state index is 12.4. The lowest BCUT2D eigenvalue weighted by Gasteiger charge is -2.33. The van der Waals surface area contributed by atoms with Crippen LogP contribution in [-0.4, -0.2) is 66.9 Å². The zero-order valence-corrected chi connectivity index (χ0v) is 16.5. The Balaban J connectivity index is 1.53. The van der Waals surface area contributed by atoms with E-state index in [1.54, 1.807) is 21.7 Å². The van der Waals surface area contributed by atoms with E-state index in [1.807, 2.05) is 5.38 Å². The molecule has 1 aliphatic rings. The predicted molar refractivity (Wildman–Crippen MR) is 101 cm³/mol. The maximum Gasteiger partial charge on any atom is 0.258 e. The first-order chi connectivity index (χ1) is 12.3. The summed E-state index contributed by atoms with van der Waals surface area (Å²) in [6.45, 7) is 1.36. The molecule has 3 heterocycles. The molecule has 0 saturated carbocycles. The summed E-state index contributed by atoms with van der Waals surface area (Å²) in [4.78, 5) is 30.3. The molecule has 140 valence electrons. The fraction of sp³-hybridized carbons (Fsp3) is 0.400. The van der Waals surface area contributed by atoms with Crippen molar-refractivity contribution in [2.24, 2.45) is 0 Å². The van der Waals surface area contributed by atoms with Crippen LogP contribution in [0.1, 0.15) is 16.1 Å². The number of thiophene rings is 1. The van der Waals surface area contributed by atoms with E-state index in [4.69, 9.17) is 0 Å². The topological polar surface area (TPSA) is 99.7 Å². The lowest BCUT2D eigenvalue weighted by molar-refractivity contribution is -0.131. The molecule has 2 amide bonds. The number of amides is 2. The van der Waals surface area contributed by atoms with Gasteiger partial charge in [0.15, 0.2) is 5.13 Å². The molecular weight excluding hydrogens is 396 g/mol. The standard InChI is InChI=1S/C15H18N4O4S3/c1-26(22,23)19-5-3-18(4-6-19)13(20)8-12-10-25-15(16-12)17-14(21)11-2-7-24-9-11/h2,7,9-10H,3-6,8H2,1H3,(H,16,17,21). The second-order valence-electron chi connectivity index (χ2n) is 5.83. The van der Waals surface area contributed by atoms with Crippen molar-refractivity contribution >= 4 is 49.6 Å². The van der Waals surface area contributed by atoms with E-state index < -0.39 is 10.0 Å². The van der Waals surface area contributed by atoms with Gasteiger partial charge < -0.3 is 4.90 Å². The number of nitrogens with zero attached hydrogens (tertiary/aromatic N) is 3. The number of hydrogen-bond acceptors (Lipinski definition) is 7. The predicted octanol–water partition coefficient (Wildman–Crippen LogP) is 1.10. The van der Waals surface area contributed by atoms with Gasteiger partial charge in [0.25, 0.3) is 5.91 Å². The van der Waals surface area contributed by atoms with Crippen LogP contribution >= 0.6 is 22.7 Å². The van der Waals surface area contributed by atoms with E-state index in [0.29, 0.717) is 42.6 Å². The lowest BCUT2D eigenvalue weighted by Crippen LogP contribution is -2.50. The monoisotopic (exact) mass is 414 g/mol. The average molecular weight is 415 g/mol. The molecule has 1 N–H and O–H groups in total. The Morgan fingerprint density at radius 3 is 2.58 bits per heavy atom. The number of carbonyl (C=O) groups excluding carboxylic acids is 2. The summed E-state index contributed by atoms with van der Waals surface area (Å²) >= 11 is 2.71. The largest absolute Gasteiger partial charge is 0.340 e. The Bertz CT molecular complexity index is 884. The number of sulfonamides is 1. The first-order valence-corrected chi connectivity index (χ1v) is 11.5. The minimum absolute atomic E-state index is 0.0980. The molecule has 3 rings (SSSR count). The van der Waals surface area contributed by atoms with Crippen LogP contribution < -0.4 is 5.32 Å². The number of thiazole rings is 1. The van der Waals surface area contributed by atoms with Gasteiger partial charge in [-0.05, 0) is 11.4 Å². The molecule has 1 saturated heterocycles. The summed E-state index contributed by atoms with van der Waals surface area (Å²) in [5.74, 6) is -0.325.